The van der Waals surface area contributed by atoms with Crippen LogP contribution in [0.4, 0.5) is 0 Å². The Kier molecular flexibility index (Phi) is 5.78. The van der Waals surface area contributed by atoms with E-state index in [1.165, 1.54) is 0 Å². The van der Waals surface area contributed by atoms with Crippen LogP contribution in [0.3, 0.4) is 0 Å². The highest BCUT2D eigenvalue weighted by Crippen LogP contribution is 2.13. The third-order valence-corrected chi connectivity index (χ3v) is 5.22. The van der Waals surface area contributed by atoms with Gasteiger partial charge >= 0.3 is 0 Å². The molecule has 0 atom stereocenters. The number of hydrogen-bond donors (Lipinski definition) is 1. The Morgan fingerprint density at radius 2 is 1.76 bits per heavy atom. The second-order valence-electron chi connectivity index (χ2n) is 4.85. The molecule has 112 valence electrons. The van der Waals surface area contributed by atoms with Crippen LogP contribution in [-0.2, 0) is 23.0 Å². The summed E-state index contributed by atoms with van der Waals surface area (Å²) in [5, 5.41) is 0. The van der Waals surface area contributed by atoms with Crippen molar-refractivity contribution in [2.45, 2.75) is 31.2 Å². The fourth-order valence-corrected chi connectivity index (χ4v) is 3.66. The average Bonchev–Trinajstić information content (AvgIpc) is 2.46. The van der Waals surface area contributed by atoms with E-state index in [-0.39, 0.29) is 0 Å². The van der Waals surface area contributed by atoms with Crippen molar-refractivity contribution in [1.82, 2.24) is 4.72 Å². The molecule has 0 fully saturated rings. The van der Waals surface area contributed by atoms with Crippen LogP contribution in [0.5, 0.6) is 0 Å². The molecule has 0 radical (unpaired) electrons. The number of sulfonamides is 1. The van der Waals surface area contributed by atoms with Crippen LogP contribution in [0, 0.1) is 3.57 Å². The molecule has 2 aromatic carbocycles. The van der Waals surface area contributed by atoms with Crippen LogP contribution in [0.15, 0.2) is 53.4 Å². The molecule has 5 heteroatoms. The van der Waals surface area contributed by atoms with E-state index >= 15 is 0 Å². The maximum Gasteiger partial charge on any atom is 0.240 e. The number of rotatable bonds is 6. The maximum atomic E-state index is 12.2. The van der Waals surface area contributed by atoms with Crippen LogP contribution in [0.25, 0.3) is 0 Å². The molecule has 0 aliphatic rings. The van der Waals surface area contributed by atoms with Gasteiger partial charge in [0.15, 0.2) is 0 Å². The predicted molar refractivity (Wildman–Crippen MR) is 93.6 cm³/mol. The second-order valence-corrected chi connectivity index (χ2v) is 7.86. The van der Waals surface area contributed by atoms with Gasteiger partial charge in [-0.05, 0) is 64.4 Å². The third kappa shape index (κ3) is 4.79. The summed E-state index contributed by atoms with van der Waals surface area (Å²) in [7, 11) is -3.46. The van der Waals surface area contributed by atoms with Gasteiger partial charge in [-0.3, -0.25) is 0 Å². The van der Waals surface area contributed by atoms with E-state index in [4.69, 9.17) is 0 Å². The molecular weight excluding hydrogens is 397 g/mol. The molecule has 0 amide bonds. The molecule has 3 nitrogen and oxygen atoms in total. The van der Waals surface area contributed by atoms with E-state index in [1.807, 2.05) is 36.4 Å². The maximum absolute atomic E-state index is 12.2. The van der Waals surface area contributed by atoms with Crippen LogP contribution in [-0.4, -0.2) is 8.42 Å². The van der Waals surface area contributed by atoms with Crippen molar-refractivity contribution in [3.63, 3.8) is 0 Å². The lowest BCUT2D eigenvalue weighted by Crippen LogP contribution is -2.23. The van der Waals surface area contributed by atoms with Crippen molar-refractivity contribution in [2.24, 2.45) is 0 Å². The Labute approximate surface area is 140 Å². The van der Waals surface area contributed by atoms with E-state index < -0.39 is 10.0 Å². The van der Waals surface area contributed by atoms with Crippen LogP contribution in [0.1, 0.15) is 24.5 Å². The van der Waals surface area contributed by atoms with Gasteiger partial charge in [0, 0.05) is 10.1 Å². The molecule has 0 aliphatic heterocycles. The number of halogens is 1. The van der Waals surface area contributed by atoms with Gasteiger partial charge in [-0.25, -0.2) is 13.1 Å². The summed E-state index contributed by atoms with van der Waals surface area (Å²) in [6, 6.07) is 14.9. The highest BCUT2D eigenvalue weighted by Gasteiger charge is 2.13. The minimum Gasteiger partial charge on any atom is -0.207 e. The molecule has 0 aromatic heterocycles. The van der Waals surface area contributed by atoms with E-state index in [2.05, 4.69) is 34.2 Å². The standard InChI is InChI=1S/C16H18INO2S/c1-2-4-13-7-9-16(10-8-13)21(19,20)18-12-14-5-3-6-15(17)11-14/h3,5-11,18H,2,4,12H2,1H3. The van der Waals surface area contributed by atoms with Crippen LogP contribution in [0.2, 0.25) is 0 Å². The number of hydrogen-bond acceptors (Lipinski definition) is 2. The number of nitrogens with one attached hydrogen (secondary N) is 1. The van der Waals surface area contributed by atoms with Crippen molar-refractivity contribution < 1.29 is 8.42 Å². The zero-order chi connectivity index (χ0) is 15.3. The fourth-order valence-electron chi connectivity index (χ4n) is 2.03. The summed E-state index contributed by atoms with van der Waals surface area (Å²) >= 11 is 2.21. The summed E-state index contributed by atoms with van der Waals surface area (Å²) < 4.78 is 28.2. The zero-order valence-electron chi connectivity index (χ0n) is 11.8. The minimum absolute atomic E-state index is 0.301. The molecule has 2 rings (SSSR count). The highest BCUT2D eigenvalue weighted by atomic mass is 127. The van der Waals surface area contributed by atoms with Crippen LogP contribution < -0.4 is 4.72 Å². The first-order valence-corrected chi connectivity index (χ1v) is 9.40. The van der Waals surface area contributed by atoms with Gasteiger partial charge in [0.05, 0.1) is 4.90 Å². The molecular formula is C16H18INO2S. The molecule has 0 saturated heterocycles. The lowest BCUT2D eigenvalue weighted by molar-refractivity contribution is 0.581. The fraction of sp³-hybridized carbons (Fsp3) is 0.250. The van der Waals surface area contributed by atoms with Gasteiger partial charge in [0.25, 0.3) is 0 Å². The molecule has 0 unspecified atom stereocenters. The molecule has 0 bridgehead atoms. The predicted octanol–water partition coefficient (Wildman–Crippen LogP) is 3.72. The first kappa shape index (κ1) is 16.5. The van der Waals surface area contributed by atoms with Crippen molar-refractivity contribution in [3.05, 3.63) is 63.2 Å². The molecule has 21 heavy (non-hydrogen) atoms. The largest absolute Gasteiger partial charge is 0.240 e. The van der Waals surface area contributed by atoms with Crippen molar-refractivity contribution in [1.29, 1.82) is 0 Å². The Hall–Kier alpha value is -0.920. The number of benzene rings is 2. The lowest BCUT2D eigenvalue weighted by atomic mass is 10.1. The van der Waals surface area contributed by atoms with Crippen molar-refractivity contribution >= 4 is 32.6 Å². The van der Waals surface area contributed by atoms with Gasteiger partial charge in [-0.15, -0.1) is 0 Å². The van der Waals surface area contributed by atoms with Crippen LogP contribution >= 0.6 is 22.6 Å². The Morgan fingerprint density at radius 3 is 2.38 bits per heavy atom. The Morgan fingerprint density at radius 1 is 1.05 bits per heavy atom. The average molecular weight is 415 g/mol. The Balaban J connectivity index is 2.07. The Bertz CT molecular complexity index is 696. The monoisotopic (exact) mass is 415 g/mol. The van der Waals surface area contributed by atoms with Gasteiger partial charge in [0.1, 0.15) is 0 Å². The summed E-state index contributed by atoms with van der Waals surface area (Å²) in [5.41, 5.74) is 2.11. The van der Waals surface area contributed by atoms with Gasteiger partial charge in [-0.1, -0.05) is 37.6 Å². The van der Waals surface area contributed by atoms with Crippen molar-refractivity contribution in [3.8, 4) is 0 Å². The van der Waals surface area contributed by atoms with Gasteiger partial charge < -0.3 is 0 Å². The van der Waals surface area contributed by atoms with Crippen molar-refractivity contribution in [2.75, 3.05) is 0 Å². The molecule has 2 aromatic rings. The molecule has 1 N–H and O–H groups in total. The summed E-state index contributed by atoms with van der Waals surface area (Å²) in [4.78, 5) is 0.313. The smallest absolute Gasteiger partial charge is 0.207 e. The van der Waals surface area contributed by atoms with E-state index in [0.717, 1.165) is 27.5 Å². The summed E-state index contributed by atoms with van der Waals surface area (Å²) in [6.07, 6.45) is 2.02. The molecule has 0 spiro atoms. The first-order chi connectivity index (χ1) is 10.0. The zero-order valence-corrected chi connectivity index (χ0v) is 14.8. The third-order valence-electron chi connectivity index (χ3n) is 3.13. The highest BCUT2D eigenvalue weighted by molar-refractivity contribution is 14.1. The number of aryl methyl sites for hydroxylation is 1. The van der Waals surface area contributed by atoms with E-state index in [9.17, 15) is 8.42 Å². The minimum atomic E-state index is -3.46. The van der Waals surface area contributed by atoms with Gasteiger partial charge in [-0.2, -0.15) is 0 Å². The normalized spacial score (nSPS) is 11.5. The topological polar surface area (TPSA) is 46.2 Å². The second kappa shape index (κ2) is 7.38. The summed E-state index contributed by atoms with van der Waals surface area (Å²) in [5.74, 6) is 0. The van der Waals surface area contributed by atoms with E-state index in [1.54, 1.807) is 12.1 Å². The lowest BCUT2D eigenvalue weighted by Gasteiger charge is -2.08. The molecule has 0 saturated carbocycles. The molecule has 0 aliphatic carbocycles. The SMILES string of the molecule is CCCc1ccc(S(=O)(=O)NCc2cccc(I)c2)cc1. The summed E-state index contributed by atoms with van der Waals surface area (Å²) in [6.45, 7) is 2.41. The first-order valence-electron chi connectivity index (χ1n) is 6.84. The molecule has 0 heterocycles. The van der Waals surface area contributed by atoms with E-state index in [0.29, 0.717) is 11.4 Å². The van der Waals surface area contributed by atoms with Gasteiger partial charge in [0.2, 0.25) is 10.0 Å². The quantitative estimate of drug-likeness (QED) is 0.732.